The smallest absolute Gasteiger partial charge is 0.251 e. The molecule has 1 aliphatic rings. The number of rotatable bonds is 3. The second kappa shape index (κ2) is 6.49. The first kappa shape index (κ1) is 15.5. The van der Waals surface area contributed by atoms with Crippen LogP contribution < -0.4 is 11.1 Å². The average molecular weight is 357 g/mol. The van der Waals surface area contributed by atoms with E-state index in [0.717, 1.165) is 19.0 Å². The number of carbonyl (C=O) groups is 1. The number of halogens is 2. The predicted molar refractivity (Wildman–Crippen MR) is 94.3 cm³/mol. The number of nitrogens with two attached hydrogens (primary N) is 1. The molecule has 0 radical (unpaired) electrons. The summed E-state index contributed by atoms with van der Waals surface area (Å²) in [5.41, 5.74) is 6.19. The summed E-state index contributed by atoms with van der Waals surface area (Å²) in [5, 5.41) is 7.74. The summed E-state index contributed by atoms with van der Waals surface area (Å²) in [5.74, 6) is -2.83. The fourth-order valence-electron chi connectivity index (χ4n) is 3.32. The first-order chi connectivity index (χ1) is 12.9. The number of aromatic nitrogens is 2. The van der Waals surface area contributed by atoms with Gasteiger partial charge in [-0.1, -0.05) is 6.07 Å². The molecule has 7 heteroatoms. The predicted octanol–water partition coefficient (Wildman–Crippen LogP) is 2.87. The molecule has 1 aliphatic heterocycles. The lowest BCUT2D eigenvalue weighted by molar-refractivity contribution is 0.100. The van der Waals surface area contributed by atoms with Gasteiger partial charge in [-0.3, -0.25) is 4.79 Å². The van der Waals surface area contributed by atoms with Crippen LogP contribution in [-0.4, -0.2) is 28.8 Å². The first-order valence-corrected chi connectivity index (χ1v) is 8.37. The molecule has 1 saturated heterocycles. The van der Waals surface area contributed by atoms with E-state index in [-0.39, 0.29) is 16.8 Å². The van der Waals surface area contributed by atoms with Gasteiger partial charge in [-0.05, 0) is 55.1 Å². The van der Waals surface area contributed by atoms with E-state index < -0.39 is 23.4 Å². The van der Waals surface area contributed by atoms with Gasteiger partial charge >= 0.3 is 0 Å². The van der Waals surface area contributed by atoms with Gasteiger partial charge in [-0.2, -0.15) is 5.10 Å². The van der Waals surface area contributed by atoms with Crippen LogP contribution in [0.3, 0.4) is 0 Å². The number of nitrogens with zero attached hydrogens (tertiary/aromatic N) is 2. The highest BCUT2D eigenvalue weighted by molar-refractivity contribution is 6.04. The van der Waals surface area contributed by atoms with E-state index in [4.69, 9.17) is 7.10 Å². The van der Waals surface area contributed by atoms with Crippen molar-refractivity contribution < 1.29 is 14.9 Å². The number of benzene rings is 2. The quantitative estimate of drug-likeness (QED) is 0.757. The van der Waals surface area contributed by atoms with Gasteiger partial charge in [-0.25, -0.2) is 13.5 Å². The highest BCUT2D eigenvalue weighted by atomic mass is 19.1. The summed E-state index contributed by atoms with van der Waals surface area (Å²) < 4.78 is 38.3. The summed E-state index contributed by atoms with van der Waals surface area (Å²) in [6, 6.07) is 6.82. The van der Waals surface area contributed by atoms with E-state index in [1.54, 1.807) is 12.1 Å². The molecule has 134 valence electrons. The Bertz CT molecular complexity index is 1040. The number of hydrogen-bond donors (Lipinski definition) is 2. The summed E-state index contributed by atoms with van der Waals surface area (Å²) in [6.07, 6.45) is 2.96. The minimum atomic E-state index is -0.866. The van der Waals surface area contributed by atoms with E-state index in [1.807, 2.05) is 0 Å². The molecule has 2 aromatic carbocycles. The number of carbonyl (C=O) groups excluding carboxylic acids is 1. The van der Waals surface area contributed by atoms with Gasteiger partial charge in [0.1, 0.15) is 22.8 Å². The van der Waals surface area contributed by atoms with Gasteiger partial charge in [0.2, 0.25) is 0 Å². The van der Waals surface area contributed by atoms with E-state index in [9.17, 15) is 13.6 Å². The van der Waals surface area contributed by atoms with Crippen LogP contribution in [0, 0.1) is 11.6 Å². The normalized spacial score (nSPS) is 20.9. The van der Waals surface area contributed by atoms with Crippen molar-refractivity contribution in [2.24, 2.45) is 5.73 Å². The third-order valence-electron chi connectivity index (χ3n) is 4.61. The highest BCUT2D eigenvalue weighted by Gasteiger charge is 2.18. The second-order valence-electron chi connectivity index (χ2n) is 6.38. The van der Waals surface area contributed by atoms with Gasteiger partial charge in [0.25, 0.3) is 5.91 Å². The Morgan fingerprint density at radius 1 is 1.35 bits per heavy atom. The van der Waals surface area contributed by atoms with E-state index in [1.165, 1.54) is 23.0 Å². The highest BCUT2D eigenvalue weighted by Crippen LogP contribution is 2.27. The van der Waals surface area contributed by atoms with Crippen LogP contribution in [0.1, 0.15) is 36.0 Å². The number of fused-ring (bicyclic) bond motifs is 1. The minimum absolute atomic E-state index is 0.0563. The van der Waals surface area contributed by atoms with Crippen molar-refractivity contribution in [1.29, 1.82) is 0 Å². The van der Waals surface area contributed by atoms with Crippen molar-refractivity contribution >= 4 is 16.8 Å². The lowest BCUT2D eigenvalue weighted by atomic mass is 9.91. The molecule has 1 fully saturated rings. The van der Waals surface area contributed by atoms with Gasteiger partial charge < -0.3 is 11.1 Å². The van der Waals surface area contributed by atoms with E-state index in [2.05, 4.69) is 10.4 Å². The zero-order valence-corrected chi connectivity index (χ0v) is 13.9. The molecule has 0 aliphatic carbocycles. The molecule has 26 heavy (non-hydrogen) atoms. The van der Waals surface area contributed by atoms with Crippen LogP contribution in [0.5, 0.6) is 0 Å². The monoisotopic (exact) mass is 357 g/mol. The van der Waals surface area contributed by atoms with Crippen LogP contribution in [0.4, 0.5) is 8.78 Å². The Kier molecular flexibility index (Phi) is 3.86. The van der Waals surface area contributed by atoms with Gasteiger partial charge in [0.05, 0.1) is 5.56 Å². The summed E-state index contributed by atoms with van der Waals surface area (Å²) in [4.78, 5) is 11.5. The summed E-state index contributed by atoms with van der Waals surface area (Å²) >= 11 is 0. The van der Waals surface area contributed by atoms with Crippen LogP contribution in [0.15, 0.2) is 36.5 Å². The third kappa shape index (κ3) is 2.94. The van der Waals surface area contributed by atoms with Crippen LogP contribution in [-0.2, 0) is 0 Å². The Hall–Kier alpha value is -2.80. The molecular formula is C19H18F2N4O. The lowest BCUT2D eigenvalue weighted by Crippen LogP contribution is -2.28. The van der Waals surface area contributed by atoms with E-state index >= 15 is 0 Å². The number of hydrogen-bond acceptors (Lipinski definition) is 3. The molecule has 0 bridgehead atoms. The van der Waals surface area contributed by atoms with E-state index in [0.29, 0.717) is 23.9 Å². The van der Waals surface area contributed by atoms with Crippen molar-refractivity contribution in [3.8, 4) is 5.69 Å². The molecule has 3 N–H and O–H groups in total. The zero-order valence-electron chi connectivity index (χ0n) is 14.9. The van der Waals surface area contributed by atoms with Crippen molar-refractivity contribution in [2.45, 2.75) is 18.7 Å². The third-order valence-corrected chi connectivity index (χ3v) is 4.61. The first-order valence-electron chi connectivity index (χ1n) is 8.87. The molecule has 1 atom stereocenters. The molecule has 4 rings (SSSR count). The lowest BCUT2D eigenvalue weighted by Gasteiger charge is -2.23. The van der Waals surface area contributed by atoms with Crippen LogP contribution in [0.2, 0.25) is 0 Å². The standard InChI is InChI=1S/C19H18F2N4O/c20-14-6-13-10-25(24-18(13)15(8-14)19(22)26)17-4-3-11(7-16(17)21)12-2-1-5-23-9-12/h3-4,6-8,10,12,23H,1-2,5,9H2,(H2,22,26)/t12-/m0/s1/i12D. The second-order valence-corrected chi connectivity index (χ2v) is 6.38. The molecule has 0 saturated carbocycles. The van der Waals surface area contributed by atoms with Crippen LogP contribution in [0.25, 0.3) is 16.6 Å². The fourth-order valence-corrected chi connectivity index (χ4v) is 3.32. The molecule has 1 aromatic heterocycles. The van der Waals surface area contributed by atoms with Gasteiger partial charge in [0.15, 0.2) is 0 Å². The minimum Gasteiger partial charge on any atom is -0.366 e. The summed E-state index contributed by atoms with van der Waals surface area (Å²) in [6.45, 7) is 1.33. The molecule has 2 heterocycles. The van der Waals surface area contributed by atoms with Crippen molar-refractivity contribution in [3.63, 3.8) is 0 Å². The maximum Gasteiger partial charge on any atom is 0.251 e. The fraction of sp³-hybridized carbons (Fsp3) is 0.263. The molecule has 1 amide bonds. The maximum atomic E-state index is 14.8. The Balaban J connectivity index is 1.78. The largest absolute Gasteiger partial charge is 0.366 e. The number of piperidine rings is 1. The Labute approximate surface area is 150 Å². The number of nitrogens with one attached hydrogen (secondary N) is 1. The van der Waals surface area contributed by atoms with Crippen molar-refractivity contribution in [1.82, 2.24) is 15.1 Å². The molecule has 3 aromatic rings. The van der Waals surface area contributed by atoms with Crippen LogP contribution >= 0.6 is 0 Å². The Morgan fingerprint density at radius 3 is 2.88 bits per heavy atom. The Morgan fingerprint density at radius 2 is 2.19 bits per heavy atom. The molecule has 0 unspecified atom stereocenters. The SMILES string of the molecule is [2H][C@]1(c2ccc(-n3cc4cc(F)cc(C(N)=O)c4n3)c(F)c2)CCCNC1. The molecule has 0 spiro atoms. The maximum absolute atomic E-state index is 14.8. The summed E-state index contributed by atoms with van der Waals surface area (Å²) in [7, 11) is 0. The number of amides is 1. The topological polar surface area (TPSA) is 72.9 Å². The average Bonchev–Trinajstić information content (AvgIpc) is 3.04. The molecular weight excluding hydrogens is 338 g/mol. The van der Waals surface area contributed by atoms with Crippen molar-refractivity contribution in [3.05, 3.63) is 59.3 Å². The van der Waals surface area contributed by atoms with Gasteiger partial charge in [0, 0.05) is 19.5 Å². The molecule has 5 nitrogen and oxygen atoms in total. The van der Waals surface area contributed by atoms with Crippen molar-refractivity contribution in [2.75, 3.05) is 13.1 Å². The van der Waals surface area contributed by atoms with Gasteiger partial charge in [-0.15, -0.1) is 0 Å². The zero-order chi connectivity index (χ0) is 19.2. The number of primary amides is 1.